The Kier molecular flexibility index (Phi) is 5.33. The number of nitrogens with zero attached hydrogens (tertiary/aromatic N) is 1. The van der Waals surface area contributed by atoms with Crippen LogP contribution in [0.4, 0.5) is 0 Å². The second-order valence-corrected chi connectivity index (χ2v) is 8.36. The number of hydrogen-bond acceptors (Lipinski definition) is 4. The number of methoxy groups -OCH3 is 4. The number of aromatic nitrogens is 1. The van der Waals surface area contributed by atoms with E-state index < -0.39 is 0 Å². The lowest BCUT2D eigenvalue weighted by molar-refractivity contribution is -0.712. The molecule has 0 N–H and O–H groups in total. The Morgan fingerprint density at radius 2 is 1.33 bits per heavy atom. The molecule has 2 heterocycles. The van der Waals surface area contributed by atoms with E-state index in [1.807, 2.05) is 6.07 Å². The average Bonchev–Trinajstić information content (AvgIpc) is 2.86. The molecule has 5 nitrogen and oxygen atoms in total. The fourth-order valence-electron chi connectivity index (χ4n) is 4.86. The molecule has 5 heteroatoms. The summed E-state index contributed by atoms with van der Waals surface area (Å²) in [7, 11) is 6.70. The molecule has 4 aromatic rings. The van der Waals surface area contributed by atoms with Gasteiger partial charge in [0.05, 0.1) is 40.2 Å². The largest absolute Gasteiger partial charge is 0.493 e. The quantitative estimate of drug-likeness (QED) is 0.359. The highest BCUT2D eigenvalue weighted by molar-refractivity contribution is 5.87. The minimum Gasteiger partial charge on any atom is -0.493 e. The van der Waals surface area contributed by atoms with Crippen molar-refractivity contribution in [2.75, 3.05) is 28.4 Å². The minimum atomic E-state index is 0.0154. The van der Waals surface area contributed by atoms with Crippen molar-refractivity contribution in [3.8, 4) is 23.0 Å². The molecule has 5 rings (SSSR count). The average molecular weight is 443 g/mol. The number of hydrogen-bond donors (Lipinski definition) is 0. The van der Waals surface area contributed by atoms with E-state index in [0.29, 0.717) is 0 Å². The molecular weight excluding hydrogens is 414 g/mol. The molecule has 3 aromatic carbocycles. The zero-order valence-corrected chi connectivity index (χ0v) is 19.6. The summed E-state index contributed by atoms with van der Waals surface area (Å²) < 4.78 is 24.8. The topological polar surface area (TPSA) is 40.8 Å². The van der Waals surface area contributed by atoms with Gasteiger partial charge in [-0.1, -0.05) is 29.8 Å². The van der Waals surface area contributed by atoms with Crippen LogP contribution < -0.4 is 23.5 Å². The third kappa shape index (κ3) is 3.44. The van der Waals surface area contributed by atoms with Gasteiger partial charge in [-0.2, -0.15) is 4.57 Å². The van der Waals surface area contributed by atoms with E-state index in [1.165, 1.54) is 27.9 Å². The fraction of sp³-hybridized carbons (Fsp3) is 0.250. The highest BCUT2D eigenvalue weighted by Crippen LogP contribution is 2.41. The second kappa shape index (κ2) is 8.32. The molecule has 1 aliphatic heterocycles. The summed E-state index contributed by atoms with van der Waals surface area (Å²) in [6.07, 6.45) is 2.94. The Hall–Kier alpha value is -3.73. The van der Waals surface area contributed by atoms with E-state index in [4.69, 9.17) is 18.9 Å². The summed E-state index contributed by atoms with van der Waals surface area (Å²) in [5, 5.41) is 2.26. The lowest BCUT2D eigenvalue weighted by Crippen LogP contribution is -2.47. The lowest BCUT2D eigenvalue weighted by atomic mass is 9.86. The Balaban J connectivity index is 1.80. The smallest absolute Gasteiger partial charge is 0.209 e. The maximum absolute atomic E-state index is 5.65. The first-order valence-corrected chi connectivity index (χ1v) is 11.0. The van der Waals surface area contributed by atoms with E-state index in [-0.39, 0.29) is 6.04 Å². The molecule has 0 radical (unpaired) electrons. The molecule has 0 fully saturated rings. The molecule has 168 valence electrons. The molecule has 0 bridgehead atoms. The van der Waals surface area contributed by atoms with E-state index in [1.54, 1.807) is 28.4 Å². The van der Waals surface area contributed by atoms with Crippen LogP contribution in [0.15, 0.2) is 60.8 Å². The molecule has 0 spiro atoms. The van der Waals surface area contributed by atoms with E-state index >= 15 is 0 Å². The summed E-state index contributed by atoms with van der Waals surface area (Å²) in [5.74, 6) is 2.94. The first-order valence-electron chi connectivity index (χ1n) is 11.0. The predicted octanol–water partition coefficient (Wildman–Crippen LogP) is 5.01. The molecule has 0 unspecified atom stereocenters. The summed E-state index contributed by atoms with van der Waals surface area (Å²) >= 11 is 0. The Labute approximate surface area is 194 Å². The Bertz CT molecular complexity index is 1340. The van der Waals surface area contributed by atoms with E-state index in [9.17, 15) is 0 Å². The van der Waals surface area contributed by atoms with Crippen LogP contribution in [0.5, 0.6) is 23.0 Å². The Morgan fingerprint density at radius 3 is 2.00 bits per heavy atom. The zero-order valence-electron chi connectivity index (χ0n) is 19.6. The summed E-state index contributed by atoms with van der Waals surface area (Å²) in [4.78, 5) is 0. The highest BCUT2D eigenvalue weighted by Gasteiger charge is 2.36. The van der Waals surface area contributed by atoms with Crippen LogP contribution >= 0.6 is 0 Å². The van der Waals surface area contributed by atoms with Crippen molar-refractivity contribution in [1.29, 1.82) is 0 Å². The van der Waals surface area contributed by atoms with Gasteiger partial charge in [-0.25, -0.2) is 0 Å². The molecule has 0 aliphatic carbocycles. The van der Waals surface area contributed by atoms with Crippen molar-refractivity contribution in [1.82, 2.24) is 0 Å². The highest BCUT2D eigenvalue weighted by atomic mass is 16.5. The monoisotopic (exact) mass is 442 g/mol. The van der Waals surface area contributed by atoms with Crippen LogP contribution in [0.2, 0.25) is 0 Å². The van der Waals surface area contributed by atoms with E-state index in [0.717, 1.165) is 40.2 Å². The van der Waals surface area contributed by atoms with Gasteiger partial charge in [0.1, 0.15) is 0 Å². The molecule has 0 saturated heterocycles. The standard InChI is InChI=1S/C28H28NO4/c1-17-6-8-18(9-7-17)28-22-16-27(33-5)25(31-3)14-20(22)12-23-21-15-26(32-4)24(30-2)13-19(21)10-11-29(23)28/h6-11,13-16,28H,12H2,1-5H3/q+1/t28-/m0/s1. The molecule has 1 atom stereocenters. The van der Waals surface area contributed by atoms with Gasteiger partial charge in [-0.15, -0.1) is 0 Å². The third-order valence-corrected chi connectivity index (χ3v) is 6.56. The van der Waals surface area contributed by atoms with Crippen LogP contribution in [-0.2, 0) is 6.42 Å². The zero-order chi connectivity index (χ0) is 23.1. The van der Waals surface area contributed by atoms with Crippen molar-refractivity contribution < 1.29 is 23.5 Å². The van der Waals surface area contributed by atoms with Crippen LogP contribution in [0.25, 0.3) is 10.8 Å². The molecule has 33 heavy (non-hydrogen) atoms. The summed E-state index contributed by atoms with van der Waals surface area (Å²) in [5.41, 5.74) is 6.12. The number of ether oxygens (including phenoxy) is 4. The molecule has 0 saturated carbocycles. The van der Waals surface area contributed by atoms with Gasteiger partial charge in [-0.05, 0) is 42.1 Å². The van der Waals surface area contributed by atoms with Crippen LogP contribution in [0.3, 0.4) is 0 Å². The van der Waals surface area contributed by atoms with Crippen LogP contribution in [0, 0.1) is 6.92 Å². The van der Waals surface area contributed by atoms with Gasteiger partial charge in [0.15, 0.2) is 34.9 Å². The number of pyridine rings is 1. The number of benzene rings is 3. The van der Waals surface area contributed by atoms with Crippen LogP contribution in [0.1, 0.15) is 34.0 Å². The molecule has 0 amide bonds. The minimum absolute atomic E-state index is 0.0154. The van der Waals surface area contributed by atoms with Crippen molar-refractivity contribution in [2.24, 2.45) is 0 Å². The SMILES string of the molecule is COc1cc2c(cc1OC)[C@H](c1ccc(C)cc1)[n+]1ccc3cc(OC)c(OC)cc3c1C2. The molecular formula is C28H28NO4+. The first kappa shape index (κ1) is 21.1. The molecule has 1 aromatic heterocycles. The Morgan fingerprint density at radius 1 is 0.727 bits per heavy atom. The fourth-order valence-corrected chi connectivity index (χ4v) is 4.86. The maximum Gasteiger partial charge on any atom is 0.209 e. The normalized spacial score (nSPS) is 14.4. The molecule has 1 aliphatic rings. The number of fused-ring (bicyclic) bond motifs is 4. The predicted molar refractivity (Wildman–Crippen MR) is 128 cm³/mol. The van der Waals surface area contributed by atoms with E-state index in [2.05, 4.69) is 66.2 Å². The second-order valence-electron chi connectivity index (χ2n) is 8.36. The first-order chi connectivity index (χ1) is 16.1. The maximum atomic E-state index is 5.65. The van der Waals surface area contributed by atoms with Crippen LogP contribution in [-0.4, -0.2) is 28.4 Å². The number of rotatable bonds is 5. The van der Waals surface area contributed by atoms with Gasteiger partial charge in [-0.3, -0.25) is 0 Å². The van der Waals surface area contributed by atoms with Gasteiger partial charge in [0.2, 0.25) is 6.04 Å². The van der Waals surface area contributed by atoms with Crippen molar-refractivity contribution >= 4 is 10.8 Å². The third-order valence-electron chi connectivity index (χ3n) is 6.56. The van der Waals surface area contributed by atoms with Gasteiger partial charge >= 0.3 is 0 Å². The lowest BCUT2D eigenvalue weighted by Gasteiger charge is -2.26. The summed E-state index contributed by atoms with van der Waals surface area (Å²) in [6.45, 7) is 2.11. The van der Waals surface area contributed by atoms with Gasteiger partial charge in [0, 0.05) is 17.2 Å². The summed E-state index contributed by atoms with van der Waals surface area (Å²) in [6, 6.07) is 19.3. The van der Waals surface area contributed by atoms with Gasteiger partial charge < -0.3 is 18.9 Å². The van der Waals surface area contributed by atoms with Crippen molar-refractivity contribution in [3.63, 3.8) is 0 Å². The van der Waals surface area contributed by atoms with Crippen molar-refractivity contribution in [3.05, 3.63) is 88.7 Å². The van der Waals surface area contributed by atoms with Crippen molar-refractivity contribution in [2.45, 2.75) is 19.4 Å². The number of aryl methyl sites for hydroxylation is 1. The van der Waals surface area contributed by atoms with Gasteiger partial charge in [0.25, 0.3) is 0 Å².